The summed E-state index contributed by atoms with van der Waals surface area (Å²) >= 11 is 4.81. The number of carbonyl (C=O) groups is 1. The summed E-state index contributed by atoms with van der Waals surface area (Å²) in [5.41, 5.74) is 5.44. The van der Waals surface area contributed by atoms with Gasteiger partial charge in [-0.3, -0.25) is 4.79 Å². The second-order valence-electron chi connectivity index (χ2n) is 3.90. The molecule has 1 fully saturated rings. The molecule has 2 N–H and O–H groups in total. The number of hydrogen-bond donors (Lipinski definition) is 1. The van der Waals surface area contributed by atoms with Crippen LogP contribution < -0.4 is 5.73 Å². The van der Waals surface area contributed by atoms with Gasteiger partial charge >= 0.3 is 0 Å². The number of nitrogens with two attached hydrogens (primary N) is 1. The van der Waals surface area contributed by atoms with Gasteiger partial charge in [0.25, 0.3) is 0 Å². The minimum atomic E-state index is -0.0192. The Hall–Kier alpha value is -0.680. The van der Waals surface area contributed by atoms with Gasteiger partial charge in [-0.25, -0.2) is 0 Å². The number of carbonyl (C=O) groups excluding carboxylic acids is 1. The van der Waals surface area contributed by atoms with E-state index in [0.717, 1.165) is 6.42 Å². The van der Waals surface area contributed by atoms with Gasteiger partial charge in [0.2, 0.25) is 5.91 Å². The molecule has 86 valence electrons. The summed E-state index contributed by atoms with van der Waals surface area (Å²) in [6, 6.07) is 0. The second-order valence-corrected chi connectivity index (χ2v) is 4.42. The van der Waals surface area contributed by atoms with E-state index >= 15 is 0 Å². The van der Waals surface area contributed by atoms with Crippen molar-refractivity contribution >= 4 is 23.1 Å². The molecule has 5 heteroatoms. The van der Waals surface area contributed by atoms with E-state index in [1.165, 1.54) is 0 Å². The van der Waals surface area contributed by atoms with Gasteiger partial charge in [0, 0.05) is 6.54 Å². The predicted octanol–water partition coefficient (Wildman–Crippen LogP) is 0.546. The number of ether oxygens (including phenoxy) is 1. The number of thiocarbonyl (C=S) groups is 1. The van der Waals surface area contributed by atoms with Gasteiger partial charge in [0.15, 0.2) is 0 Å². The number of amides is 1. The Morgan fingerprint density at radius 3 is 2.73 bits per heavy atom. The van der Waals surface area contributed by atoms with E-state index in [1.54, 1.807) is 4.90 Å². The first kappa shape index (κ1) is 12.4. The van der Waals surface area contributed by atoms with Crippen LogP contribution in [0, 0.1) is 5.92 Å². The number of nitrogens with zero attached hydrogens (tertiary/aromatic N) is 1. The molecule has 1 rings (SSSR count). The Balaban J connectivity index is 2.53. The molecule has 0 saturated carbocycles. The number of likely N-dealkylation sites (N-methyl/N-ethyl adjacent to an activating group) is 1. The average Bonchev–Trinajstić information content (AvgIpc) is 2.60. The van der Waals surface area contributed by atoms with Crippen molar-refractivity contribution in [1.82, 2.24) is 4.90 Å². The lowest BCUT2D eigenvalue weighted by Gasteiger charge is -2.22. The third-order valence-corrected chi connectivity index (χ3v) is 2.72. The molecule has 0 aromatic carbocycles. The topological polar surface area (TPSA) is 55.6 Å². The van der Waals surface area contributed by atoms with E-state index in [9.17, 15) is 4.79 Å². The van der Waals surface area contributed by atoms with Gasteiger partial charge in [-0.2, -0.15) is 0 Å². The fraction of sp³-hybridized carbons (Fsp3) is 0.800. The van der Waals surface area contributed by atoms with Crippen LogP contribution in [0.3, 0.4) is 0 Å². The van der Waals surface area contributed by atoms with E-state index < -0.39 is 0 Å². The number of hydrogen-bond acceptors (Lipinski definition) is 3. The molecular weight excluding hydrogens is 212 g/mol. The van der Waals surface area contributed by atoms with Crippen molar-refractivity contribution < 1.29 is 9.53 Å². The summed E-state index contributed by atoms with van der Waals surface area (Å²) in [5.74, 6) is 0.0870. The van der Waals surface area contributed by atoms with Crippen LogP contribution in [0.4, 0.5) is 0 Å². The van der Waals surface area contributed by atoms with Crippen LogP contribution in [0.1, 0.15) is 20.3 Å². The summed E-state index contributed by atoms with van der Waals surface area (Å²) in [6.45, 7) is 5.44. The van der Waals surface area contributed by atoms with Gasteiger partial charge in [-0.1, -0.05) is 12.2 Å². The Bertz CT molecular complexity index is 258. The molecule has 2 unspecified atom stereocenters. The first-order valence-electron chi connectivity index (χ1n) is 5.23. The molecule has 0 radical (unpaired) electrons. The highest BCUT2D eigenvalue weighted by molar-refractivity contribution is 7.80. The first-order chi connectivity index (χ1) is 7.04. The Labute approximate surface area is 95.8 Å². The standard InChI is InChI=1S/C10H18N2O2S/c1-3-12(5-9(11)15)10(13)8-4-7(2)14-6-8/h7-8H,3-6H2,1-2H3,(H2,11,15). The molecule has 0 aliphatic carbocycles. The molecule has 2 atom stereocenters. The molecule has 0 aromatic rings. The molecule has 1 heterocycles. The second kappa shape index (κ2) is 5.42. The third-order valence-electron chi connectivity index (χ3n) is 2.59. The average molecular weight is 230 g/mol. The lowest BCUT2D eigenvalue weighted by atomic mass is 10.0. The van der Waals surface area contributed by atoms with E-state index in [4.69, 9.17) is 22.7 Å². The van der Waals surface area contributed by atoms with Crippen LogP contribution in [-0.4, -0.2) is 41.6 Å². The molecule has 0 bridgehead atoms. The van der Waals surface area contributed by atoms with Crippen LogP contribution in [0.2, 0.25) is 0 Å². The molecule has 0 spiro atoms. The lowest BCUT2D eigenvalue weighted by molar-refractivity contribution is -0.134. The largest absolute Gasteiger partial charge is 0.392 e. The Kier molecular flexibility index (Phi) is 4.47. The molecule has 1 aliphatic heterocycles. The van der Waals surface area contributed by atoms with Crippen LogP contribution >= 0.6 is 12.2 Å². The maximum absolute atomic E-state index is 12.0. The zero-order chi connectivity index (χ0) is 11.4. The van der Waals surface area contributed by atoms with E-state index in [0.29, 0.717) is 24.7 Å². The summed E-state index contributed by atoms with van der Waals surface area (Å²) < 4.78 is 5.37. The summed E-state index contributed by atoms with van der Waals surface area (Å²) in [7, 11) is 0. The molecule has 15 heavy (non-hydrogen) atoms. The fourth-order valence-corrected chi connectivity index (χ4v) is 1.94. The van der Waals surface area contributed by atoms with Crippen LogP contribution in [0.15, 0.2) is 0 Å². The quantitative estimate of drug-likeness (QED) is 0.716. The highest BCUT2D eigenvalue weighted by Gasteiger charge is 2.31. The van der Waals surface area contributed by atoms with Crippen molar-refractivity contribution in [3.8, 4) is 0 Å². The number of rotatable bonds is 4. The maximum Gasteiger partial charge on any atom is 0.228 e. The first-order valence-corrected chi connectivity index (χ1v) is 5.64. The van der Waals surface area contributed by atoms with Crippen molar-refractivity contribution in [2.45, 2.75) is 26.4 Å². The van der Waals surface area contributed by atoms with Gasteiger partial charge in [0.1, 0.15) is 0 Å². The van der Waals surface area contributed by atoms with Crippen LogP contribution in [0.5, 0.6) is 0 Å². The lowest BCUT2D eigenvalue weighted by Crippen LogP contribution is -2.41. The summed E-state index contributed by atoms with van der Waals surface area (Å²) in [5, 5.41) is 0. The molecule has 1 amide bonds. The summed E-state index contributed by atoms with van der Waals surface area (Å²) in [4.78, 5) is 14.0. The Morgan fingerprint density at radius 1 is 1.67 bits per heavy atom. The van der Waals surface area contributed by atoms with Gasteiger partial charge in [0.05, 0.1) is 30.2 Å². The third kappa shape index (κ3) is 3.43. The van der Waals surface area contributed by atoms with Crippen molar-refractivity contribution in [3.05, 3.63) is 0 Å². The van der Waals surface area contributed by atoms with Crippen molar-refractivity contribution in [2.24, 2.45) is 11.7 Å². The molecule has 4 nitrogen and oxygen atoms in total. The van der Waals surface area contributed by atoms with Gasteiger partial charge in [-0.15, -0.1) is 0 Å². The zero-order valence-electron chi connectivity index (χ0n) is 9.23. The molecule has 1 aliphatic rings. The van der Waals surface area contributed by atoms with Crippen LogP contribution in [0.25, 0.3) is 0 Å². The SMILES string of the molecule is CCN(CC(N)=S)C(=O)C1COC(C)C1. The van der Waals surface area contributed by atoms with Gasteiger partial charge in [-0.05, 0) is 20.3 Å². The van der Waals surface area contributed by atoms with E-state index in [2.05, 4.69) is 0 Å². The van der Waals surface area contributed by atoms with Crippen LogP contribution in [-0.2, 0) is 9.53 Å². The van der Waals surface area contributed by atoms with E-state index in [1.807, 2.05) is 13.8 Å². The molecule has 0 aromatic heterocycles. The molecule has 1 saturated heterocycles. The minimum Gasteiger partial charge on any atom is -0.392 e. The highest BCUT2D eigenvalue weighted by atomic mass is 32.1. The maximum atomic E-state index is 12.0. The normalized spacial score (nSPS) is 25.2. The molecular formula is C10H18N2O2S. The fourth-order valence-electron chi connectivity index (χ4n) is 1.78. The highest BCUT2D eigenvalue weighted by Crippen LogP contribution is 2.21. The Morgan fingerprint density at radius 2 is 2.33 bits per heavy atom. The van der Waals surface area contributed by atoms with E-state index in [-0.39, 0.29) is 17.9 Å². The van der Waals surface area contributed by atoms with Crippen molar-refractivity contribution in [3.63, 3.8) is 0 Å². The van der Waals surface area contributed by atoms with Crippen molar-refractivity contribution in [1.29, 1.82) is 0 Å². The summed E-state index contributed by atoms with van der Waals surface area (Å²) in [6.07, 6.45) is 0.981. The van der Waals surface area contributed by atoms with Crippen molar-refractivity contribution in [2.75, 3.05) is 19.7 Å². The van der Waals surface area contributed by atoms with Gasteiger partial charge < -0.3 is 15.4 Å². The predicted molar refractivity (Wildman–Crippen MR) is 62.6 cm³/mol. The smallest absolute Gasteiger partial charge is 0.228 e. The minimum absolute atomic E-state index is 0.0192. The zero-order valence-corrected chi connectivity index (χ0v) is 10.0. The monoisotopic (exact) mass is 230 g/mol.